The number of nitro benzene ring substituents is 1. The summed E-state index contributed by atoms with van der Waals surface area (Å²) in [6, 6.07) is 2.34. The molecular formula is C12H17BrFN3O2. The molecule has 1 atom stereocenters. The van der Waals surface area contributed by atoms with Gasteiger partial charge in [-0.2, -0.15) is 0 Å². The largest absolute Gasteiger partial charge is 0.377 e. The zero-order valence-corrected chi connectivity index (χ0v) is 12.7. The van der Waals surface area contributed by atoms with Crippen molar-refractivity contribution in [3.05, 3.63) is 32.5 Å². The lowest BCUT2D eigenvalue weighted by molar-refractivity contribution is -0.384. The van der Waals surface area contributed by atoms with Gasteiger partial charge in [0.25, 0.3) is 5.69 Å². The first-order valence-electron chi connectivity index (χ1n) is 5.86. The predicted molar refractivity (Wildman–Crippen MR) is 77.0 cm³/mol. The highest BCUT2D eigenvalue weighted by Gasteiger charge is 2.18. The van der Waals surface area contributed by atoms with Crippen LogP contribution in [0, 0.1) is 15.9 Å². The van der Waals surface area contributed by atoms with Gasteiger partial charge in [-0.15, -0.1) is 0 Å². The number of benzene rings is 1. The van der Waals surface area contributed by atoms with Crippen LogP contribution >= 0.6 is 15.9 Å². The van der Waals surface area contributed by atoms with Crippen molar-refractivity contribution < 1.29 is 9.31 Å². The number of halogens is 2. The molecule has 1 rings (SSSR count). The standard InChI is InChI=1S/C12H17BrFN3O2/c1-8(4-5-16(2)3)15-11-7-10(14)9(13)6-12(11)17(18)19/h6-8,15H,4-5H2,1-3H3. The Kier molecular flexibility index (Phi) is 5.68. The van der Waals surface area contributed by atoms with Crippen molar-refractivity contribution in [3.8, 4) is 0 Å². The Labute approximate surface area is 120 Å². The second kappa shape index (κ2) is 6.81. The molecule has 1 N–H and O–H groups in total. The van der Waals surface area contributed by atoms with E-state index in [4.69, 9.17) is 0 Å². The Bertz CT molecular complexity index is 469. The van der Waals surface area contributed by atoms with E-state index >= 15 is 0 Å². The highest BCUT2D eigenvalue weighted by atomic mass is 79.9. The van der Waals surface area contributed by atoms with E-state index in [-0.39, 0.29) is 21.9 Å². The Balaban J connectivity index is 2.87. The van der Waals surface area contributed by atoms with Gasteiger partial charge in [-0.1, -0.05) is 0 Å². The maximum absolute atomic E-state index is 13.5. The molecule has 0 bridgehead atoms. The van der Waals surface area contributed by atoms with Gasteiger partial charge in [0, 0.05) is 18.2 Å². The third-order valence-corrected chi connectivity index (χ3v) is 3.25. The summed E-state index contributed by atoms with van der Waals surface area (Å²) in [6.45, 7) is 2.76. The van der Waals surface area contributed by atoms with Gasteiger partial charge in [0.05, 0.1) is 9.40 Å². The molecule has 5 nitrogen and oxygen atoms in total. The van der Waals surface area contributed by atoms with Crippen molar-refractivity contribution in [2.75, 3.05) is 26.0 Å². The quantitative estimate of drug-likeness (QED) is 0.641. The number of nitro groups is 1. The number of nitrogens with one attached hydrogen (secondary N) is 1. The van der Waals surface area contributed by atoms with Crippen molar-refractivity contribution in [3.63, 3.8) is 0 Å². The Hall–Kier alpha value is -1.21. The van der Waals surface area contributed by atoms with Crippen LogP contribution in [0.2, 0.25) is 0 Å². The highest BCUT2D eigenvalue weighted by molar-refractivity contribution is 9.10. The molecule has 0 amide bonds. The molecule has 0 aliphatic carbocycles. The molecule has 0 aliphatic heterocycles. The molecule has 1 unspecified atom stereocenters. The van der Waals surface area contributed by atoms with Gasteiger partial charge in [0.2, 0.25) is 0 Å². The number of nitrogens with zero attached hydrogens (tertiary/aromatic N) is 2. The van der Waals surface area contributed by atoms with E-state index in [1.807, 2.05) is 25.9 Å². The minimum atomic E-state index is -0.523. The maximum Gasteiger partial charge on any atom is 0.293 e. The van der Waals surface area contributed by atoms with E-state index in [1.54, 1.807) is 0 Å². The molecule has 0 saturated heterocycles. The van der Waals surface area contributed by atoms with Crippen LogP contribution < -0.4 is 5.32 Å². The Morgan fingerprint density at radius 2 is 2.16 bits per heavy atom. The summed E-state index contributed by atoms with van der Waals surface area (Å²) in [6.07, 6.45) is 0.807. The molecule has 0 heterocycles. The van der Waals surface area contributed by atoms with E-state index in [0.717, 1.165) is 19.0 Å². The molecule has 1 aromatic rings. The minimum absolute atomic E-state index is 0.0154. The number of anilines is 1. The fourth-order valence-corrected chi connectivity index (χ4v) is 1.92. The summed E-state index contributed by atoms with van der Waals surface area (Å²) < 4.78 is 13.6. The first-order valence-corrected chi connectivity index (χ1v) is 6.65. The van der Waals surface area contributed by atoms with Crippen molar-refractivity contribution in [1.82, 2.24) is 4.90 Å². The van der Waals surface area contributed by atoms with Gasteiger partial charge in [-0.05, 0) is 49.9 Å². The molecule has 19 heavy (non-hydrogen) atoms. The minimum Gasteiger partial charge on any atom is -0.377 e. The van der Waals surface area contributed by atoms with Gasteiger partial charge in [-0.3, -0.25) is 10.1 Å². The summed E-state index contributed by atoms with van der Waals surface area (Å²) in [5.74, 6) is -0.520. The molecule has 0 fully saturated rings. The number of hydrogen-bond donors (Lipinski definition) is 1. The van der Waals surface area contributed by atoms with Crippen LogP contribution in [-0.4, -0.2) is 36.5 Å². The van der Waals surface area contributed by atoms with Crippen molar-refractivity contribution in [2.45, 2.75) is 19.4 Å². The zero-order chi connectivity index (χ0) is 14.6. The summed E-state index contributed by atoms with van der Waals surface area (Å²) >= 11 is 2.95. The van der Waals surface area contributed by atoms with E-state index in [2.05, 4.69) is 21.2 Å². The average Bonchev–Trinajstić information content (AvgIpc) is 2.30. The average molecular weight is 334 g/mol. The fourth-order valence-electron chi connectivity index (χ4n) is 1.59. The van der Waals surface area contributed by atoms with Crippen LogP contribution in [0.1, 0.15) is 13.3 Å². The van der Waals surface area contributed by atoms with Crippen LogP contribution in [0.25, 0.3) is 0 Å². The molecule has 0 saturated carbocycles. The van der Waals surface area contributed by atoms with Crippen LogP contribution in [0.15, 0.2) is 16.6 Å². The number of rotatable bonds is 6. The maximum atomic E-state index is 13.5. The van der Waals surface area contributed by atoms with Gasteiger partial charge in [0.1, 0.15) is 11.5 Å². The summed E-state index contributed by atoms with van der Waals surface area (Å²) in [4.78, 5) is 12.4. The van der Waals surface area contributed by atoms with Crippen molar-refractivity contribution >= 4 is 27.3 Å². The second-order valence-corrected chi connectivity index (χ2v) is 5.53. The van der Waals surface area contributed by atoms with Gasteiger partial charge in [0.15, 0.2) is 0 Å². The lowest BCUT2D eigenvalue weighted by Crippen LogP contribution is -2.23. The van der Waals surface area contributed by atoms with Crippen LogP contribution in [-0.2, 0) is 0 Å². The van der Waals surface area contributed by atoms with E-state index in [0.29, 0.717) is 0 Å². The number of hydrogen-bond acceptors (Lipinski definition) is 4. The molecule has 106 valence electrons. The summed E-state index contributed by atoms with van der Waals surface area (Å²) in [7, 11) is 3.91. The van der Waals surface area contributed by atoms with Crippen LogP contribution in [0.5, 0.6) is 0 Å². The van der Waals surface area contributed by atoms with Gasteiger partial charge >= 0.3 is 0 Å². The molecule has 1 aromatic carbocycles. The predicted octanol–water partition coefficient (Wildman–Crippen LogP) is 3.25. The van der Waals surface area contributed by atoms with E-state index in [9.17, 15) is 14.5 Å². The van der Waals surface area contributed by atoms with Crippen LogP contribution in [0.3, 0.4) is 0 Å². The van der Waals surface area contributed by atoms with Gasteiger partial charge in [-0.25, -0.2) is 4.39 Å². The van der Waals surface area contributed by atoms with Crippen molar-refractivity contribution in [2.24, 2.45) is 0 Å². The molecule has 0 aromatic heterocycles. The van der Waals surface area contributed by atoms with Gasteiger partial charge < -0.3 is 10.2 Å². The lowest BCUT2D eigenvalue weighted by atomic mass is 10.2. The first-order chi connectivity index (χ1) is 8.81. The normalized spacial score (nSPS) is 12.5. The SMILES string of the molecule is CC(CCN(C)C)Nc1cc(F)c(Br)cc1[N+](=O)[O-]. The molecule has 0 spiro atoms. The Morgan fingerprint density at radius 3 is 2.68 bits per heavy atom. The molecule has 7 heteroatoms. The third-order valence-electron chi connectivity index (χ3n) is 2.65. The highest BCUT2D eigenvalue weighted by Crippen LogP contribution is 2.31. The van der Waals surface area contributed by atoms with Crippen LogP contribution in [0.4, 0.5) is 15.8 Å². The summed E-state index contributed by atoms with van der Waals surface area (Å²) in [5.41, 5.74) is 0.0712. The third kappa shape index (κ3) is 4.76. The zero-order valence-electron chi connectivity index (χ0n) is 11.1. The first kappa shape index (κ1) is 15.8. The monoisotopic (exact) mass is 333 g/mol. The van der Waals surface area contributed by atoms with Crippen molar-refractivity contribution in [1.29, 1.82) is 0 Å². The smallest absolute Gasteiger partial charge is 0.293 e. The van der Waals surface area contributed by atoms with E-state index in [1.165, 1.54) is 6.07 Å². The van der Waals surface area contributed by atoms with E-state index < -0.39 is 10.7 Å². The molecule has 0 radical (unpaired) electrons. The molecule has 0 aliphatic rings. The Morgan fingerprint density at radius 1 is 1.53 bits per heavy atom. The summed E-state index contributed by atoms with van der Waals surface area (Å²) in [5, 5.41) is 13.9. The topological polar surface area (TPSA) is 58.4 Å². The lowest BCUT2D eigenvalue weighted by Gasteiger charge is -2.18. The second-order valence-electron chi connectivity index (χ2n) is 4.68. The molecular weight excluding hydrogens is 317 g/mol. The fraction of sp³-hybridized carbons (Fsp3) is 0.500.